The van der Waals surface area contributed by atoms with Crippen molar-refractivity contribution in [3.05, 3.63) is 95.8 Å². The first-order valence-corrected chi connectivity index (χ1v) is 10.6. The van der Waals surface area contributed by atoms with E-state index in [1.165, 1.54) is 10.4 Å². The van der Waals surface area contributed by atoms with Crippen molar-refractivity contribution in [2.24, 2.45) is 0 Å². The molecule has 0 spiro atoms. The molecule has 0 heterocycles. The largest absolute Gasteiger partial charge is 0.348 e. The molecule has 0 unspecified atom stereocenters. The maximum atomic E-state index is 13.7. The number of carbonyl (C=O) groups is 1. The highest BCUT2D eigenvalue weighted by Gasteiger charge is 2.23. The van der Waals surface area contributed by atoms with Crippen LogP contribution in [0.25, 0.3) is 0 Å². The van der Waals surface area contributed by atoms with Gasteiger partial charge in [-0.1, -0.05) is 36.4 Å². The predicted molar refractivity (Wildman–Crippen MR) is 111 cm³/mol. The van der Waals surface area contributed by atoms with Crippen LogP contribution in [0.1, 0.15) is 22.8 Å². The van der Waals surface area contributed by atoms with Crippen molar-refractivity contribution >= 4 is 21.6 Å². The number of benzene rings is 3. The maximum Gasteiger partial charge on any atom is 0.264 e. The van der Waals surface area contributed by atoms with Gasteiger partial charge in [-0.15, -0.1) is 0 Å². The van der Waals surface area contributed by atoms with Gasteiger partial charge in [-0.05, 0) is 49.4 Å². The minimum absolute atomic E-state index is 0.0662. The first kappa shape index (κ1) is 20.5. The minimum atomic E-state index is -3.70. The summed E-state index contributed by atoms with van der Waals surface area (Å²) in [5, 5.41) is 2.66. The molecular formula is C22H21FN2O3S. The van der Waals surface area contributed by atoms with Gasteiger partial charge in [-0.2, -0.15) is 0 Å². The van der Waals surface area contributed by atoms with Crippen molar-refractivity contribution in [2.75, 3.05) is 10.8 Å². The lowest BCUT2D eigenvalue weighted by Crippen LogP contribution is -2.30. The second-order valence-corrected chi connectivity index (χ2v) is 8.17. The number of halogens is 1. The molecule has 0 fully saturated rings. The van der Waals surface area contributed by atoms with Crippen LogP contribution in [-0.4, -0.2) is 20.9 Å². The quantitative estimate of drug-likeness (QED) is 0.639. The molecule has 0 saturated heterocycles. The second-order valence-electron chi connectivity index (χ2n) is 6.30. The Hall–Kier alpha value is -3.19. The molecule has 3 rings (SSSR count). The highest BCUT2D eigenvalue weighted by atomic mass is 32.2. The van der Waals surface area contributed by atoms with E-state index in [-0.39, 0.29) is 29.7 Å². The van der Waals surface area contributed by atoms with E-state index in [0.717, 1.165) is 0 Å². The number of sulfonamides is 1. The molecule has 3 aromatic rings. The van der Waals surface area contributed by atoms with Crippen LogP contribution in [0.15, 0.2) is 83.8 Å². The number of anilines is 1. The Morgan fingerprint density at radius 2 is 1.55 bits per heavy atom. The molecular weight excluding hydrogens is 391 g/mol. The van der Waals surface area contributed by atoms with Crippen LogP contribution in [-0.2, 0) is 16.6 Å². The highest BCUT2D eigenvalue weighted by Crippen LogP contribution is 2.23. The zero-order chi connectivity index (χ0) is 20.9. The average Bonchev–Trinajstić information content (AvgIpc) is 2.74. The summed E-state index contributed by atoms with van der Waals surface area (Å²) in [6, 6.07) is 20.7. The third-order valence-electron chi connectivity index (χ3n) is 4.43. The van der Waals surface area contributed by atoms with Gasteiger partial charge in [-0.3, -0.25) is 9.10 Å². The van der Waals surface area contributed by atoms with E-state index in [1.807, 2.05) is 0 Å². The molecule has 7 heteroatoms. The van der Waals surface area contributed by atoms with Gasteiger partial charge < -0.3 is 5.32 Å². The third kappa shape index (κ3) is 4.63. The Labute approximate surface area is 169 Å². The number of carbonyl (C=O) groups excluding carboxylic acids is 1. The zero-order valence-corrected chi connectivity index (χ0v) is 16.7. The Morgan fingerprint density at radius 3 is 2.17 bits per heavy atom. The number of nitrogens with one attached hydrogen (secondary N) is 1. The summed E-state index contributed by atoms with van der Waals surface area (Å²) in [7, 11) is -3.70. The van der Waals surface area contributed by atoms with Gasteiger partial charge in [0.05, 0.1) is 10.6 Å². The number of hydrogen-bond acceptors (Lipinski definition) is 3. The van der Waals surface area contributed by atoms with Crippen LogP contribution in [0.3, 0.4) is 0 Å². The van der Waals surface area contributed by atoms with Crippen LogP contribution in [0.2, 0.25) is 0 Å². The van der Waals surface area contributed by atoms with Crippen LogP contribution in [0.4, 0.5) is 10.1 Å². The van der Waals surface area contributed by atoms with Crippen LogP contribution in [0, 0.1) is 5.82 Å². The summed E-state index contributed by atoms with van der Waals surface area (Å²) in [6.07, 6.45) is 0. The average molecular weight is 412 g/mol. The van der Waals surface area contributed by atoms with Crippen LogP contribution >= 0.6 is 0 Å². The number of amides is 1. The summed E-state index contributed by atoms with van der Waals surface area (Å²) in [5.74, 6) is -0.748. The van der Waals surface area contributed by atoms with Gasteiger partial charge in [0.15, 0.2) is 0 Å². The highest BCUT2D eigenvalue weighted by molar-refractivity contribution is 7.92. The lowest BCUT2D eigenvalue weighted by Gasteiger charge is -2.23. The van der Waals surface area contributed by atoms with Crippen molar-refractivity contribution in [3.63, 3.8) is 0 Å². The molecule has 1 amide bonds. The Bertz CT molecular complexity index is 1080. The van der Waals surface area contributed by atoms with Gasteiger partial charge in [0.2, 0.25) is 0 Å². The van der Waals surface area contributed by atoms with E-state index in [2.05, 4.69) is 5.32 Å². The standard InChI is InChI=1S/C22H21FN2O3S/c1-2-25(29(27,28)20-9-4-3-5-10-20)19-14-12-17(13-15-19)22(26)24-16-18-8-6-7-11-21(18)23/h3-15H,2,16H2,1H3,(H,24,26). The molecule has 29 heavy (non-hydrogen) atoms. The molecule has 0 saturated carbocycles. The molecule has 5 nitrogen and oxygen atoms in total. The summed E-state index contributed by atoms with van der Waals surface area (Å²) in [4.78, 5) is 12.5. The van der Waals surface area contributed by atoms with Crippen LogP contribution < -0.4 is 9.62 Å². The monoisotopic (exact) mass is 412 g/mol. The number of hydrogen-bond donors (Lipinski definition) is 1. The van der Waals surface area contributed by atoms with Crippen molar-refractivity contribution < 1.29 is 17.6 Å². The third-order valence-corrected chi connectivity index (χ3v) is 6.35. The molecule has 0 radical (unpaired) electrons. The molecule has 150 valence electrons. The van der Waals surface area contributed by atoms with Crippen molar-refractivity contribution in [2.45, 2.75) is 18.4 Å². The first-order valence-electron chi connectivity index (χ1n) is 9.13. The summed E-state index contributed by atoms with van der Waals surface area (Å²) < 4.78 is 40.7. The van der Waals surface area contributed by atoms with Gasteiger partial charge in [0, 0.05) is 24.2 Å². The fourth-order valence-corrected chi connectivity index (χ4v) is 4.40. The van der Waals surface area contributed by atoms with Gasteiger partial charge in [0.1, 0.15) is 5.82 Å². The second kappa shape index (κ2) is 8.87. The Morgan fingerprint density at radius 1 is 0.931 bits per heavy atom. The normalized spacial score (nSPS) is 11.1. The Kier molecular flexibility index (Phi) is 6.29. The zero-order valence-electron chi connectivity index (χ0n) is 15.9. The number of nitrogens with zero attached hydrogens (tertiary/aromatic N) is 1. The summed E-state index contributed by atoms with van der Waals surface area (Å²) in [5.41, 5.74) is 1.21. The molecule has 0 aromatic heterocycles. The molecule has 0 aliphatic rings. The van der Waals surface area contributed by atoms with Crippen molar-refractivity contribution in [1.29, 1.82) is 0 Å². The molecule has 0 atom stereocenters. The van der Waals surface area contributed by atoms with E-state index >= 15 is 0 Å². The SMILES string of the molecule is CCN(c1ccc(C(=O)NCc2ccccc2F)cc1)S(=O)(=O)c1ccccc1. The van der Waals surface area contributed by atoms with E-state index in [0.29, 0.717) is 16.8 Å². The lowest BCUT2D eigenvalue weighted by atomic mass is 10.1. The minimum Gasteiger partial charge on any atom is -0.348 e. The molecule has 0 aliphatic carbocycles. The Balaban J connectivity index is 1.75. The smallest absolute Gasteiger partial charge is 0.264 e. The fraction of sp³-hybridized carbons (Fsp3) is 0.136. The number of rotatable bonds is 7. The molecule has 0 bridgehead atoms. The van der Waals surface area contributed by atoms with E-state index < -0.39 is 10.0 Å². The summed E-state index contributed by atoms with van der Waals surface area (Å²) in [6.45, 7) is 2.06. The van der Waals surface area contributed by atoms with E-state index in [9.17, 15) is 17.6 Å². The summed E-state index contributed by atoms with van der Waals surface area (Å²) >= 11 is 0. The predicted octanol–water partition coefficient (Wildman–Crippen LogP) is 3.97. The molecule has 3 aromatic carbocycles. The van der Waals surface area contributed by atoms with E-state index in [1.54, 1.807) is 79.7 Å². The van der Waals surface area contributed by atoms with E-state index in [4.69, 9.17) is 0 Å². The van der Waals surface area contributed by atoms with Crippen molar-refractivity contribution in [1.82, 2.24) is 5.32 Å². The molecule has 1 N–H and O–H groups in total. The lowest BCUT2D eigenvalue weighted by molar-refractivity contribution is 0.0950. The van der Waals surface area contributed by atoms with Crippen LogP contribution in [0.5, 0.6) is 0 Å². The van der Waals surface area contributed by atoms with Crippen molar-refractivity contribution in [3.8, 4) is 0 Å². The van der Waals surface area contributed by atoms with Gasteiger partial charge >= 0.3 is 0 Å². The first-order chi connectivity index (χ1) is 13.9. The fourth-order valence-electron chi connectivity index (χ4n) is 2.91. The van der Waals surface area contributed by atoms with Gasteiger partial charge in [0.25, 0.3) is 15.9 Å². The molecule has 0 aliphatic heterocycles. The maximum absolute atomic E-state index is 13.7. The van der Waals surface area contributed by atoms with Gasteiger partial charge in [-0.25, -0.2) is 12.8 Å². The topological polar surface area (TPSA) is 66.5 Å².